The van der Waals surface area contributed by atoms with E-state index in [1.165, 1.54) is 26.4 Å². The van der Waals surface area contributed by atoms with E-state index < -0.39 is 30.0 Å². The van der Waals surface area contributed by atoms with E-state index in [9.17, 15) is 25.9 Å². The van der Waals surface area contributed by atoms with Crippen LogP contribution in [-0.4, -0.2) is 40.2 Å². The summed E-state index contributed by atoms with van der Waals surface area (Å²) in [5.74, 6) is -0.140. The molecule has 0 radical (unpaired) electrons. The van der Waals surface area contributed by atoms with Crippen LogP contribution in [0.1, 0.15) is 0 Å². The van der Waals surface area contributed by atoms with Gasteiger partial charge in [0.1, 0.15) is 21.3 Å². The minimum absolute atomic E-state index is 0.0701. The van der Waals surface area contributed by atoms with Crippen LogP contribution >= 0.6 is 0 Å². The Labute approximate surface area is 149 Å². The fourth-order valence-corrected chi connectivity index (χ4v) is 3.61. The van der Waals surface area contributed by atoms with Crippen molar-refractivity contribution in [3.05, 3.63) is 24.3 Å². The summed E-state index contributed by atoms with van der Waals surface area (Å²) in [5.41, 5.74) is 10.9. The Bertz CT molecular complexity index is 991. The van der Waals surface area contributed by atoms with Gasteiger partial charge in [-0.2, -0.15) is 16.8 Å². The smallest absolute Gasteiger partial charge is 0.296 e. The number of benzene rings is 2. The van der Waals surface area contributed by atoms with Crippen molar-refractivity contribution in [1.29, 1.82) is 0 Å². The highest BCUT2D eigenvalue weighted by Gasteiger charge is 2.23. The molecule has 0 unspecified atom stereocenters. The molecule has 0 aromatic heterocycles. The van der Waals surface area contributed by atoms with Gasteiger partial charge >= 0.3 is 0 Å². The van der Waals surface area contributed by atoms with Gasteiger partial charge in [-0.05, 0) is 35.4 Å². The summed E-state index contributed by atoms with van der Waals surface area (Å²) in [5, 5.41) is 0. The Morgan fingerprint density at radius 2 is 1.04 bits per heavy atom. The third-order valence-electron chi connectivity index (χ3n) is 3.54. The Hall–Kier alpha value is -2.54. The zero-order valence-electron chi connectivity index (χ0n) is 13.6. The summed E-state index contributed by atoms with van der Waals surface area (Å²) in [7, 11) is -6.91. The standard InChI is InChI=1S/C14H16N2O8S2/c1-23-9-3-7(5-11(13(9)15)25(17,18)19)8-4-10(24-2)14(16)12(6-8)26(20,21)22/h3-6H,15-16H2,1-2H3,(H,17,18,19)(H,20,21,22). The number of anilines is 2. The SMILES string of the molecule is COc1cc(-c2cc(OC)c(N)c(S(=O)(=O)O)c2)cc(S(=O)(=O)O)c1N. The number of hydrogen-bond acceptors (Lipinski definition) is 8. The molecule has 10 nitrogen and oxygen atoms in total. The van der Waals surface area contributed by atoms with Crippen LogP contribution in [0.2, 0.25) is 0 Å². The average Bonchev–Trinajstić information content (AvgIpc) is 2.53. The molecule has 0 aliphatic heterocycles. The second-order valence-electron chi connectivity index (χ2n) is 5.13. The van der Waals surface area contributed by atoms with Crippen LogP contribution in [0.15, 0.2) is 34.1 Å². The summed E-state index contributed by atoms with van der Waals surface area (Å²) >= 11 is 0. The van der Waals surface area contributed by atoms with Crippen molar-refractivity contribution in [3.63, 3.8) is 0 Å². The summed E-state index contributed by atoms with van der Waals surface area (Å²) in [6.07, 6.45) is 0. The van der Waals surface area contributed by atoms with Gasteiger partial charge in [0.15, 0.2) is 0 Å². The van der Waals surface area contributed by atoms with E-state index in [1.54, 1.807) is 0 Å². The molecule has 12 heteroatoms. The predicted molar refractivity (Wildman–Crippen MR) is 93.4 cm³/mol. The van der Waals surface area contributed by atoms with Crippen LogP contribution in [0.3, 0.4) is 0 Å². The first-order chi connectivity index (χ1) is 11.9. The predicted octanol–water partition coefficient (Wildman–Crippen LogP) is 1.03. The molecule has 2 aromatic carbocycles. The van der Waals surface area contributed by atoms with E-state index in [2.05, 4.69) is 0 Å². The summed E-state index contributed by atoms with van der Waals surface area (Å²) in [4.78, 5) is -1.26. The van der Waals surface area contributed by atoms with Crippen LogP contribution in [0.5, 0.6) is 11.5 Å². The van der Waals surface area contributed by atoms with E-state index in [1.807, 2.05) is 0 Å². The van der Waals surface area contributed by atoms with Gasteiger partial charge in [-0.15, -0.1) is 0 Å². The monoisotopic (exact) mass is 404 g/mol. The van der Waals surface area contributed by atoms with Gasteiger partial charge in [-0.1, -0.05) is 0 Å². The highest BCUT2D eigenvalue weighted by atomic mass is 32.2. The van der Waals surface area contributed by atoms with Crippen molar-refractivity contribution < 1.29 is 35.4 Å². The maximum absolute atomic E-state index is 11.5. The quantitative estimate of drug-likeness (QED) is 0.415. The van der Waals surface area contributed by atoms with Gasteiger partial charge < -0.3 is 20.9 Å². The van der Waals surface area contributed by atoms with Crippen LogP contribution < -0.4 is 20.9 Å². The van der Waals surface area contributed by atoms with E-state index in [0.29, 0.717) is 0 Å². The first-order valence-corrected chi connectivity index (χ1v) is 9.68. The second kappa shape index (κ2) is 6.64. The molecular formula is C14H16N2O8S2. The van der Waals surface area contributed by atoms with E-state index in [-0.39, 0.29) is 34.0 Å². The molecule has 0 saturated carbocycles. The van der Waals surface area contributed by atoms with Gasteiger partial charge in [-0.3, -0.25) is 9.11 Å². The number of nitrogens with two attached hydrogens (primary N) is 2. The number of ether oxygens (including phenoxy) is 2. The summed E-state index contributed by atoms with van der Waals surface area (Å²) in [6, 6.07) is 4.68. The molecule has 0 aliphatic carbocycles. The first kappa shape index (κ1) is 19.8. The lowest BCUT2D eigenvalue weighted by Gasteiger charge is -2.14. The van der Waals surface area contributed by atoms with E-state index in [0.717, 1.165) is 12.1 Å². The number of nitrogen functional groups attached to an aromatic ring is 2. The molecule has 0 spiro atoms. The molecular weight excluding hydrogens is 388 g/mol. The molecule has 2 rings (SSSR count). The van der Waals surface area contributed by atoms with Crippen molar-refractivity contribution in [2.45, 2.75) is 9.79 Å². The molecule has 2 aromatic rings. The van der Waals surface area contributed by atoms with Crippen LogP contribution in [-0.2, 0) is 20.2 Å². The minimum Gasteiger partial charge on any atom is -0.495 e. The van der Waals surface area contributed by atoms with Crippen LogP contribution in [0.4, 0.5) is 11.4 Å². The largest absolute Gasteiger partial charge is 0.495 e. The lowest BCUT2D eigenvalue weighted by Crippen LogP contribution is -2.07. The molecule has 26 heavy (non-hydrogen) atoms. The lowest BCUT2D eigenvalue weighted by molar-refractivity contribution is 0.414. The molecule has 0 atom stereocenters. The first-order valence-electron chi connectivity index (χ1n) is 6.80. The van der Waals surface area contributed by atoms with E-state index in [4.69, 9.17) is 20.9 Å². The number of hydrogen-bond donors (Lipinski definition) is 4. The van der Waals surface area contributed by atoms with Crippen LogP contribution in [0, 0.1) is 0 Å². The maximum atomic E-state index is 11.5. The number of rotatable bonds is 5. The normalized spacial score (nSPS) is 12.0. The molecule has 142 valence electrons. The van der Waals surface area contributed by atoms with Crippen molar-refractivity contribution in [3.8, 4) is 22.6 Å². The van der Waals surface area contributed by atoms with Gasteiger partial charge in [0.25, 0.3) is 20.2 Å². The van der Waals surface area contributed by atoms with E-state index >= 15 is 0 Å². The zero-order valence-corrected chi connectivity index (χ0v) is 15.3. The summed E-state index contributed by atoms with van der Waals surface area (Å²) < 4.78 is 74.9. The van der Waals surface area contributed by atoms with Crippen molar-refractivity contribution in [2.75, 3.05) is 25.7 Å². The Kier molecular flexibility index (Phi) is 5.05. The highest BCUT2D eigenvalue weighted by Crippen LogP contribution is 2.39. The maximum Gasteiger partial charge on any atom is 0.296 e. The molecule has 6 N–H and O–H groups in total. The van der Waals surface area contributed by atoms with Crippen molar-refractivity contribution >= 4 is 31.6 Å². The fourth-order valence-electron chi connectivity index (χ4n) is 2.30. The second-order valence-corrected chi connectivity index (χ2v) is 7.91. The van der Waals surface area contributed by atoms with Crippen molar-refractivity contribution in [2.24, 2.45) is 0 Å². The fraction of sp³-hybridized carbons (Fsp3) is 0.143. The Morgan fingerprint density at radius 1 is 0.731 bits per heavy atom. The third-order valence-corrected chi connectivity index (χ3v) is 5.32. The summed E-state index contributed by atoms with van der Waals surface area (Å²) in [6.45, 7) is 0. The van der Waals surface area contributed by atoms with Gasteiger partial charge in [-0.25, -0.2) is 0 Å². The molecule has 0 amide bonds. The topological polar surface area (TPSA) is 179 Å². The molecule has 0 saturated heterocycles. The zero-order chi connectivity index (χ0) is 19.9. The Morgan fingerprint density at radius 3 is 1.27 bits per heavy atom. The highest BCUT2D eigenvalue weighted by molar-refractivity contribution is 7.86. The van der Waals surface area contributed by atoms with Crippen LogP contribution in [0.25, 0.3) is 11.1 Å². The third kappa shape index (κ3) is 3.67. The molecule has 0 aliphatic rings. The number of methoxy groups -OCH3 is 2. The Balaban J connectivity index is 2.88. The molecule has 0 fully saturated rings. The van der Waals surface area contributed by atoms with Crippen molar-refractivity contribution in [1.82, 2.24) is 0 Å². The lowest BCUT2D eigenvalue weighted by atomic mass is 10.0. The molecule has 0 bridgehead atoms. The van der Waals surface area contributed by atoms with Gasteiger partial charge in [0.2, 0.25) is 0 Å². The average molecular weight is 404 g/mol. The molecule has 0 heterocycles. The minimum atomic E-state index is -4.69. The van der Waals surface area contributed by atoms with Gasteiger partial charge in [0, 0.05) is 0 Å². The van der Waals surface area contributed by atoms with Gasteiger partial charge in [0.05, 0.1) is 25.6 Å².